The Labute approximate surface area is 203 Å². The van der Waals surface area contributed by atoms with Gasteiger partial charge in [-0.25, -0.2) is 0 Å². The van der Waals surface area contributed by atoms with E-state index in [1.165, 1.54) is 35.3 Å². The first-order valence-electron chi connectivity index (χ1n) is 12.4. The second-order valence-electron chi connectivity index (χ2n) is 9.55. The van der Waals surface area contributed by atoms with Crippen LogP contribution in [0.3, 0.4) is 0 Å². The fourth-order valence-corrected chi connectivity index (χ4v) is 3.69. The van der Waals surface area contributed by atoms with Gasteiger partial charge in [-0.3, -0.25) is 4.99 Å². The summed E-state index contributed by atoms with van der Waals surface area (Å²) in [6.45, 7) is 26.1. The Kier molecular flexibility index (Phi) is 12.0. The van der Waals surface area contributed by atoms with Crippen molar-refractivity contribution in [2.24, 2.45) is 16.8 Å². The molecule has 0 amide bonds. The topological polar surface area (TPSA) is 36.4 Å². The molecule has 1 aliphatic rings. The van der Waals surface area contributed by atoms with Gasteiger partial charge < -0.3 is 10.6 Å². The largest absolute Gasteiger partial charge is 0.385 e. The Morgan fingerprint density at radius 3 is 2.30 bits per heavy atom. The van der Waals surface area contributed by atoms with E-state index in [1.54, 1.807) is 0 Å². The first-order chi connectivity index (χ1) is 15.6. The number of aliphatic imine (C=N–C) groups is 1. The Balaban J connectivity index is 3.08. The van der Waals surface area contributed by atoms with Crippen molar-refractivity contribution in [3.05, 3.63) is 82.9 Å². The predicted molar refractivity (Wildman–Crippen MR) is 148 cm³/mol. The maximum Gasteiger partial charge on any atom is 0.0644 e. The van der Waals surface area contributed by atoms with Gasteiger partial charge >= 0.3 is 0 Å². The smallest absolute Gasteiger partial charge is 0.0644 e. The van der Waals surface area contributed by atoms with Crippen molar-refractivity contribution in [2.45, 2.75) is 80.7 Å². The fraction of sp³-hybridized carbons (Fsp3) is 0.500. The van der Waals surface area contributed by atoms with Crippen molar-refractivity contribution in [1.82, 2.24) is 10.6 Å². The van der Waals surface area contributed by atoms with E-state index in [4.69, 9.17) is 0 Å². The van der Waals surface area contributed by atoms with Crippen LogP contribution in [0.4, 0.5) is 0 Å². The summed E-state index contributed by atoms with van der Waals surface area (Å²) in [5.41, 5.74) is 8.74. The normalized spacial score (nSPS) is 19.6. The minimum absolute atomic E-state index is 0.468. The van der Waals surface area contributed by atoms with Crippen molar-refractivity contribution in [1.29, 1.82) is 0 Å². The van der Waals surface area contributed by atoms with Crippen LogP contribution in [-0.2, 0) is 0 Å². The quantitative estimate of drug-likeness (QED) is 0.298. The number of rotatable bonds is 12. The summed E-state index contributed by atoms with van der Waals surface area (Å²) in [6, 6.07) is 0.468. The van der Waals surface area contributed by atoms with Gasteiger partial charge in [0.15, 0.2) is 0 Å². The Bertz CT molecular complexity index is 888. The third-order valence-corrected chi connectivity index (χ3v) is 6.61. The molecule has 3 heteroatoms. The molecule has 0 aromatic heterocycles. The van der Waals surface area contributed by atoms with Gasteiger partial charge in [-0.1, -0.05) is 65.8 Å². The average Bonchev–Trinajstić information content (AvgIpc) is 2.80. The third-order valence-electron chi connectivity index (χ3n) is 6.61. The van der Waals surface area contributed by atoms with E-state index < -0.39 is 0 Å². The van der Waals surface area contributed by atoms with E-state index in [1.807, 2.05) is 13.1 Å². The highest BCUT2D eigenvalue weighted by Crippen LogP contribution is 2.22. The molecule has 0 fully saturated rings. The lowest BCUT2D eigenvalue weighted by Gasteiger charge is -2.27. The van der Waals surface area contributed by atoms with Crippen LogP contribution in [0.5, 0.6) is 0 Å². The molecule has 0 saturated carbocycles. The first-order valence-corrected chi connectivity index (χ1v) is 12.4. The molecule has 0 spiro atoms. The molecule has 2 unspecified atom stereocenters. The molecule has 0 aromatic carbocycles. The highest BCUT2D eigenvalue weighted by molar-refractivity contribution is 6.12. The van der Waals surface area contributed by atoms with E-state index in [9.17, 15) is 0 Å². The fourth-order valence-electron chi connectivity index (χ4n) is 3.69. The van der Waals surface area contributed by atoms with Crippen molar-refractivity contribution in [3.63, 3.8) is 0 Å². The second-order valence-corrected chi connectivity index (χ2v) is 9.55. The minimum Gasteiger partial charge on any atom is -0.385 e. The van der Waals surface area contributed by atoms with Crippen LogP contribution < -0.4 is 10.6 Å². The van der Waals surface area contributed by atoms with Gasteiger partial charge in [-0.05, 0) is 80.9 Å². The van der Waals surface area contributed by atoms with Crippen LogP contribution in [-0.4, -0.2) is 18.8 Å². The number of nitrogens with one attached hydrogen (secondary N) is 2. The molecular formula is C30H47N3. The molecule has 0 radical (unpaired) electrons. The van der Waals surface area contributed by atoms with E-state index in [0.29, 0.717) is 17.9 Å². The van der Waals surface area contributed by atoms with Gasteiger partial charge in [-0.2, -0.15) is 0 Å². The van der Waals surface area contributed by atoms with Gasteiger partial charge in [0.25, 0.3) is 0 Å². The molecule has 33 heavy (non-hydrogen) atoms. The zero-order valence-corrected chi connectivity index (χ0v) is 22.6. The van der Waals surface area contributed by atoms with Gasteiger partial charge in [0.05, 0.1) is 5.71 Å². The molecule has 3 nitrogen and oxygen atoms in total. The molecule has 0 bridgehead atoms. The Morgan fingerprint density at radius 1 is 1.12 bits per heavy atom. The zero-order chi connectivity index (χ0) is 25.1. The molecule has 1 rings (SSSR count). The predicted octanol–water partition coefficient (Wildman–Crippen LogP) is 7.80. The van der Waals surface area contributed by atoms with Crippen molar-refractivity contribution in [2.75, 3.05) is 7.05 Å². The number of hydrogen-bond donors (Lipinski definition) is 2. The monoisotopic (exact) mass is 449 g/mol. The first kappa shape index (κ1) is 28.5. The highest BCUT2D eigenvalue weighted by Gasteiger charge is 2.17. The Morgan fingerprint density at radius 2 is 1.79 bits per heavy atom. The van der Waals surface area contributed by atoms with Crippen LogP contribution in [0.1, 0.15) is 74.7 Å². The lowest BCUT2D eigenvalue weighted by Crippen LogP contribution is -2.34. The highest BCUT2D eigenvalue weighted by atomic mass is 14.9. The van der Waals surface area contributed by atoms with E-state index in [-0.39, 0.29) is 0 Å². The molecule has 0 aromatic rings. The van der Waals surface area contributed by atoms with Gasteiger partial charge in [0, 0.05) is 35.8 Å². The third kappa shape index (κ3) is 8.72. The van der Waals surface area contributed by atoms with E-state index >= 15 is 0 Å². The molecule has 2 N–H and O–H groups in total. The van der Waals surface area contributed by atoms with E-state index in [0.717, 1.165) is 29.1 Å². The number of hydrogen-bond acceptors (Lipinski definition) is 3. The number of allylic oxidation sites excluding steroid dienone is 9. The molecule has 2 atom stereocenters. The van der Waals surface area contributed by atoms with Crippen molar-refractivity contribution >= 4 is 5.71 Å². The van der Waals surface area contributed by atoms with E-state index in [2.05, 4.69) is 108 Å². The van der Waals surface area contributed by atoms with Gasteiger partial charge in [0.2, 0.25) is 0 Å². The molecule has 0 heterocycles. The van der Waals surface area contributed by atoms with Crippen molar-refractivity contribution in [3.8, 4) is 0 Å². The van der Waals surface area contributed by atoms with Gasteiger partial charge in [0.1, 0.15) is 0 Å². The van der Waals surface area contributed by atoms with Crippen molar-refractivity contribution < 1.29 is 0 Å². The average molecular weight is 450 g/mol. The SMILES string of the molecule is C=C/C(=C/C(C)=C(\C)NC(CC(C)CC)C(C)C)C(=C)NC1=CC(=C(\C)CC)/C(=N\C)C=C1. The lowest BCUT2D eigenvalue weighted by molar-refractivity contribution is 0.343. The Hall–Kier alpha value is -2.55. The summed E-state index contributed by atoms with van der Waals surface area (Å²) >= 11 is 0. The van der Waals surface area contributed by atoms with Crippen LogP contribution in [0.15, 0.2) is 87.9 Å². The maximum atomic E-state index is 4.42. The maximum absolute atomic E-state index is 4.42. The van der Waals surface area contributed by atoms with Crippen LogP contribution in [0, 0.1) is 11.8 Å². The van der Waals surface area contributed by atoms with Gasteiger partial charge in [-0.15, -0.1) is 0 Å². The van der Waals surface area contributed by atoms with Crippen LogP contribution >= 0.6 is 0 Å². The molecule has 0 aliphatic heterocycles. The summed E-state index contributed by atoms with van der Waals surface area (Å²) in [4.78, 5) is 4.42. The van der Waals surface area contributed by atoms with Crippen LogP contribution in [0.2, 0.25) is 0 Å². The van der Waals surface area contributed by atoms with Crippen LogP contribution in [0.25, 0.3) is 0 Å². The molecule has 1 aliphatic carbocycles. The summed E-state index contributed by atoms with van der Waals surface area (Å²) in [5.74, 6) is 1.29. The number of nitrogens with zero attached hydrogens (tertiary/aromatic N) is 1. The summed E-state index contributed by atoms with van der Waals surface area (Å²) in [7, 11) is 1.84. The standard InChI is InChI=1S/C30H47N3/c1-12-21(6)17-30(20(4)5)33-24(9)23(8)18-26(14-3)25(10)32-27-15-16-29(31-11)28(19-27)22(7)13-2/h14-16,18-21,30,32-33H,3,10,12-13,17H2,1-2,4-9,11H3/b24-23+,26-18-,28-22-,31-29-. The zero-order valence-electron chi connectivity index (χ0n) is 22.6. The molecule has 182 valence electrons. The second kappa shape index (κ2) is 13.9. The summed E-state index contributed by atoms with van der Waals surface area (Å²) < 4.78 is 0. The minimum atomic E-state index is 0.468. The molecular weight excluding hydrogens is 402 g/mol. The molecule has 0 saturated heterocycles. The summed E-state index contributed by atoms with van der Waals surface area (Å²) in [6.07, 6.45) is 13.7. The lowest BCUT2D eigenvalue weighted by atomic mass is 9.92. The summed E-state index contributed by atoms with van der Waals surface area (Å²) in [5, 5.41) is 7.24.